The van der Waals surface area contributed by atoms with E-state index < -0.39 is 0 Å². The minimum atomic E-state index is -0.0526. The Balaban J connectivity index is 2.95. The molecule has 0 fully saturated rings. The molecule has 0 aromatic carbocycles. The van der Waals surface area contributed by atoms with Crippen LogP contribution in [0.3, 0.4) is 0 Å². The van der Waals surface area contributed by atoms with Crippen LogP contribution in [0.5, 0.6) is 5.75 Å². The van der Waals surface area contributed by atoms with Gasteiger partial charge in [-0.15, -0.1) is 0 Å². The smallest absolute Gasteiger partial charge is 0.182 e. The number of nitrogens with zero attached hydrogens (tertiary/aromatic N) is 3. The molecule has 0 saturated carbocycles. The molecular formula is C11H14BrN3O. The molecule has 86 valence electrons. The largest absolute Gasteiger partial charge is 0.472 e. The Morgan fingerprint density at radius 3 is 2.81 bits per heavy atom. The van der Waals surface area contributed by atoms with Crippen LogP contribution in [0.15, 0.2) is 16.7 Å². The van der Waals surface area contributed by atoms with Crippen molar-refractivity contribution in [3.63, 3.8) is 0 Å². The van der Waals surface area contributed by atoms with Crippen LogP contribution in [0, 0.1) is 11.3 Å². The van der Waals surface area contributed by atoms with Crippen molar-refractivity contribution in [1.29, 1.82) is 5.26 Å². The summed E-state index contributed by atoms with van der Waals surface area (Å²) in [5.74, 6) is 0.512. The van der Waals surface area contributed by atoms with Gasteiger partial charge >= 0.3 is 0 Å². The molecule has 0 aliphatic carbocycles. The van der Waals surface area contributed by atoms with Crippen LogP contribution in [-0.2, 0) is 0 Å². The van der Waals surface area contributed by atoms with Gasteiger partial charge in [0.05, 0.1) is 0 Å². The van der Waals surface area contributed by atoms with E-state index in [1.165, 1.54) is 0 Å². The minimum Gasteiger partial charge on any atom is -0.472 e. The first-order chi connectivity index (χ1) is 7.58. The second-order valence-electron chi connectivity index (χ2n) is 3.56. The number of hydrogen-bond acceptors (Lipinski definition) is 4. The summed E-state index contributed by atoms with van der Waals surface area (Å²) in [5.41, 5.74) is 0.309. The zero-order chi connectivity index (χ0) is 12.1. The summed E-state index contributed by atoms with van der Waals surface area (Å²) in [6.45, 7) is 2.03. The molecule has 1 rings (SSSR count). The van der Waals surface area contributed by atoms with E-state index >= 15 is 0 Å². The standard InChI is InChI=1S/C11H14BrN3O/c1-4-11(15(2)3)16-10-5-8(12)7-14-9(10)6-13/h5,7,11H,4H2,1-3H3/t11-/m1/s1. The van der Waals surface area contributed by atoms with Gasteiger partial charge in [0, 0.05) is 10.7 Å². The lowest BCUT2D eigenvalue weighted by Crippen LogP contribution is -2.32. The molecule has 16 heavy (non-hydrogen) atoms. The normalized spacial score (nSPS) is 12.2. The fraction of sp³-hybridized carbons (Fsp3) is 0.455. The molecule has 1 aromatic rings. The lowest BCUT2D eigenvalue weighted by molar-refractivity contribution is 0.0605. The molecule has 1 aromatic heterocycles. The quantitative estimate of drug-likeness (QED) is 0.797. The zero-order valence-electron chi connectivity index (χ0n) is 9.57. The van der Waals surface area contributed by atoms with Gasteiger partial charge in [-0.1, -0.05) is 6.92 Å². The fourth-order valence-electron chi connectivity index (χ4n) is 1.29. The fourth-order valence-corrected chi connectivity index (χ4v) is 1.61. The van der Waals surface area contributed by atoms with Crippen molar-refractivity contribution in [1.82, 2.24) is 9.88 Å². The van der Waals surface area contributed by atoms with Gasteiger partial charge in [0.15, 0.2) is 17.7 Å². The number of rotatable bonds is 4. The summed E-state index contributed by atoms with van der Waals surface area (Å²) < 4.78 is 6.54. The van der Waals surface area contributed by atoms with Gasteiger partial charge in [-0.2, -0.15) is 5.26 Å². The summed E-state index contributed by atoms with van der Waals surface area (Å²) in [6, 6.07) is 3.78. The van der Waals surface area contributed by atoms with E-state index in [1.807, 2.05) is 32.0 Å². The Labute approximate surface area is 104 Å². The molecular weight excluding hydrogens is 270 g/mol. The average Bonchev–Trinajstić information content (AvgIpc) is 2.25. The van der Waals surface area contributed by atoms with Gasteiger partial charge in [0.25, 0.3) is 0 Å². The number of nitriles is 1. The summed E-state index contributed by atoms with van der Waals surface area (Å²) in [7, 11) is 3.87. The third kappa shape index (κ3) is 3.19. The number of pyridine rings is 1. The van der Waals surface area contributed by atoms with Gasteiger partial charge in [-0.3, -0.25) is 4.90 Å². The predicted octanol–water partition coefficient (Wildman–Crippen LogP) is 2.39. The Hall–Kier alpha value is -1.12. The van der Waals surface area contributed by atoms with Crippen molar-refractivity contribution < 1.29 is 4.74 Å². The Bertz CT molecular complexity index is 401. The second kappa shape index (κ2) is 5.83. The first-order valence-corrected chi connectivity index (χ1v) is 5.76. The zero-order valence-corrected chi connectivity index (χ0v) is 11.2. The molecule has 0 saturated heterocycles. The van der Waals surface area contributed by atoms with Gasteiger partial charge in [-0.25, -0.2) is 4.98 Å². The number of aromatic nitrogens is 1. The molecule has 1 atom stereocenters. The minimum absolute atomic E-state index is 0.0526. The Morgan fingerprint density at radius 1 is 1.62 bits per heavy atom. The highest BCUT2D eigenvalue weighted by Crippen LogP contribution is 2.22. The Kier molecular flexibility index (Phi) is 4.71. The first-order valence-electron chi connectivity index (χ1n) is 4.97. The molecule has 0 aliphatic rings. The molecule has 0 radical (unpaired) electrons. The van der Waals surface area contributed by atoms with Crippen molar-refractivity contribution in [2.45, 2.75) is 19.6 Å². The van der Waals surface area contributed by atoms with Gasteiger partial charge in [0.1, 0.15) is 6.07 Å². The van der Waals surface area contributed by atoms with E-state index in [0.717, 1.165) is 10.9 Å². The molecule has 1 heterocycles. The van der Waals surface area contributed by atoms with Crippen molar-refractivity contribution in [3.05, 3.63) is 22.4 Å². The molecule has 0 unspecified atom stereocenters. The SMILES string of the molecule is CC[C@@H](Oc1cc(Br)cnc1C#N)N(C)C. The third-order valence-electron chi connectivity index (χ3n) is 2.11. The van der Waals surface area contributed by atoms with Crippen LogP contribution in [0.2, 0.25) is 0 Å². The van der Waals surface area contributed by atoms with Crippen LogP contribution in [-0.4, -0.2) is 30.2 Å². The average molecular weight is 284 g/mol. The van der Waals surface area contributed by atoms with E-state index in [-0.39, 0.29) is 6.23 Å². The lowest BCUT2D eigenvalue weighted by Gasteiger charge is -2.24. The number of ether oxygens (including phenoxy) is 1. The van der Waals surface area contributed by atoms with Crippen LogP contribution < -0.4 is 4.74 Å². The van der Waals surface area contributed by atoms with E-state index in [1.54, 1.807) is 12.3 Å². The molecule has 0 bridgehead atoms. The van der Waals surface area contributed by atoms with Crippen molar-refractivity contribution in [2.75, 3.05) is 14.1 Å². The Morgan fingerprint density at radius 2 is 2.31 bits per heavy atom. The maximum atomic E-state index is 8.91. The highest BCUT2D eigenvalue weighted by Gasteiger charge is 2.14. The molecule has 0 aliphatic heterocycles. The van der Waals surface area contributed by atoms with E-state index in [0.29, 0.717) is 11.4 Å². The summed E-state index contributed by atoms with van der Waals surface area (Å²) in [5, 5.41) is 8.91. The molecule has 0 spiro atoms. The highest BCUT2D eigenvalue weighted by molar-refractivity contribution is 9.10. The summed E-state index contributed by atoms with van der Waals surface area (Å²) in [4.78, 5) is 5.95. The summed E-state index contributed by atoms with van der Waals surface area (Å²) >= 11 is 3.31. The van der Waals surface area contributed by atoms with Crippen LogP contribution in [0.25, 0.3) is 0 Å². The maximum absolute atomic E-state index is 8.91. The van der Waals surface area contributed by atoms with E-state index in [4.69, 9.17) is 10.00 Å². The second-order valence-corrected chi connectivity index (χ2v) is 4.47. The van der Waals surface area contributed by atoms with Gasteiger partial charge in [-0.05, 0) is 42.5 Å². The van der Waals surface area contributed by atoms with Crippen LogP contribution in [0.1, 0.15) is 19.0 Å². The molecule has 5 heteroatoms. The summed E-state index contributed by atoms with van der Waals surface area (Å²) in [6.07, 6.45) is 2.37. The highest BCUT2D eigenvalue weighted by atomic mass is 79.9. The van der Waals surface area contributed by atoms with Crippen molar-refractivity contribution in [2.24, 2.45) is 0 Å². The molecule has 0 amide bonds. The van der Waals surface area contributed by atoms with Gasteiger partial charge < -0.3 is 4.74 Å². The van der Waals surface area contributed by atoms with Gasteiger partial charge in [0.2, 0.25) is 0 Å². The molecule has 0 N–H and O–H groups in total. The lowest BCUT2D eigenvalue weighted by atomic mass is 10.3. The number of hydrogen-bond donors (Lipinski definition) is 0. The third-order valence-corrected chi connectivity index (χ3v) is 2.55. The molecule has 4 nitrogen and oxygen atoms in total. The van der Waals surface area contributed by atoms with E-state index in [2.05, 4.69) is 20.9 Å². The van der Waals surface area contributed by atoms with E-state index in [9.17, 15) is 0 Å². The van der Waals surface area contributed by atoms with Crippen LogP contribution in [0.4, 0.5) is 0 Å². The van der Waals surface area contributed by atoms with Crippen molar-refractivity contribution in [3.8, 4) is 11.8 Å². The van der Waals surface area contributed by atoms with Crippen molar-refractivity contribution >= 4 is 15.9 Å². The maximum Gasteiger partial charge on any atom is 0.182 e. The first kappa shape index (κ1) is 12.9. The van der Waals surface area contributed by atoms with Crippen LogP contribution >= 0.6 is 15.9 Å². The number of halogens is 1. The topological polar surface area (TPSA) is 49.1 Å². The predicted molar refractivity (Wildman–Crippen MR) is 65.0 cm³/mol. The monoisotopic (exact) mass is 283 g/mol.